The third-order valence-electron chi connectivity index (χ3n) is 16.0. The van der Waals surface area contributed by atoms with Gasteiger partial charge in [0.15, 0.2) is 18.2 Å². The summed E-state index contributed by atoms with van der Waals surface area (Å²) >= 11 is 0. The van der Waals surface area contributed by atoms with Crippen LogP contribution in [0.5, 0.6) is 0 Å². The molecule has 14 nitrogen and oxygen atoms in total. The molecule has 0 aromatic rings. The second kappa shape index (κ2) is 14.1. The molecule has 3 aliphatic heterocycles. The number of carbonyl (C=O) groups excluding carboxylic acids is 2. The van der Waals surface area contributed by atoms with Gasteiger partial charge >= 0.3 is 0 Å². The molecule has 3 heterocycles. The lowest BCUT2D eigenvalue weighted by Gasteiger charge is -2.65. The average molecular weight is 793 g/mol. The predicted molar refractivity (Wildman–Crippen MR) is 198 cm³/mol. The van der Waals surface area contributed by atoms with Crippen molar-refractivity contribution < 1.29 is 69.0 Å². The molecule has 3 saturated carbocycles. The van der Waals surface area contributed by atoms with E-state index in [4.69, 9.17) is 23.7 Å². The van der Waals surface area contributed by atoms with Crippen LogP contribution >= 0.6 is 0 Å². The molecular weight excluding hydrogens is 728 g/mol. The summed E-state index contributed by atoms with van der Waals surface area (Å²) in [6, 6.07) is 0. The fourth-order valence-corrected chi connectivity index (χ4v) is 12.5. The van der Waals surface area contributed by atoms with Crippen molar-refractivity contribution in [2.75, 3.05) is 6.61 Å². The van der Waals surface area contributed by atoms with Gasteiger partial charge in [0.2, 0.25) is 5.78 Å². The van der Waals surface area contributed by atoms with E-state index in [9.17, 15) is 45.3 Å². The van der Waals surface area contributed by atoms with Crippen LogP contribution in [-0.2, 0) is 33.3 Å². The van der Waals surface area contributed by atoms with Crippen LogP contribution in [-0.4, -0.2) is 133 Å². The Morgan fingerprint density at radius 2 is 1.52 bits per heavy atom. The van der Waals surface area contributed by atoms with Crippen molar-refractivity contribution in [2.45, 2.75) is 174 Å². The van der Waals surface area contributed by atoms with Gasteiger partial charge in [-0.15, -0.1) is 0 Å². The zero-order chi connectivity index (χ0) is 41.2. The third-order valence-corrected chi connectivity index (χ3v) is 16.0. The minimum Gasteiger partial charge on any atom is -0.483 e. The number of fused-ring (bicyclic) bond motifs is 5. The molecule has 0 amide bonds. The molecule has 7 aliphatic rings. The second-order valence-electron chi connectivity index (χ2n) is 19.7. The highest BCUT2D eigenvalue weighted by molar-refractivity contribution is 6.00. The molecular formula is C42H64O14. The van der Waals surface area contributed by atoms with E-state index in [2.05, 4.69) is 26.8 Å². The monoisotopic (exact) mass is 792 g/mol. The Bertz CT molecular complexity index is 1630. The van der Waals surface area contributed by atoms with Gasteiger partial charge < -0.3 is 59.4 Å². The average Bonchev–Trinajstić information content (AvgIpc) is 3.54. The van der Waals surface area contributed by atoms with Crippen molar-refractivity contribution in [2.24, 2.45) is 45.3 Å². The van der Waals surface area contributed by atoms with Crippen LogP contribution in [0.25, 0.3) is 0 Å². The number of ether oxygens (including phenoxy) is 5. The molecule has 7 rings (SSSR count). The van der Waals surface area contributed by atoms with Gasteiger partial charge in [-0.25, -0.2) is 0 Å². The molecule has 0 spiro atoms. The van der Waals surface area contributed by atoms with Gasteiger partial charge in [-0.05, 0) is 62.2 Å². The lowest BCUT2D eigenvalue weighted by atomic mass is 9.38. The summed E-state index contributed by atoms with van der Waals surface area (Å²) in [5.41, 5.74) is -2.90. The molecule has 0 bridgehead atoms. The Morgan fingerprint density at radius 1 is 0.839 bits per heavy atom. The first-order valence-electron chi connectivity index (χ1n) is 20.5. The van der Waals surface area contributed by atoms with E-state index >= 15 is 0 Å². The zero-order valence-electron chi connectivity index (χ0n) is 34.1. The molecule has 5 fully saturated rings. The van der Waals surface area contributed by atoms with Gasteiger partial charge in [-0.2, -0.15) is 0 Å². The Morgan fingerprint density at radius 3 is 2.14 bits per heavy atom. The standard InChI is InChI=1S/C42H64O14/c1-18(2)23-14-26(45)42(9,56-23)35-22(44)15-39(6)25-12-10-20-21(41(25,8)27(46)16-40(35,39)7)11-13-28(38(20,4)5)54-37-34(32(50)30(48)24(17-43)53-37)55-36-33(51)31(49)29(47)19(3)52-36/h10,14,18-19,21-22,24-25,28-37,43-44,47-51H,11-13,15-17H2,1-9H3/t19-,21+,22+,24+,25-,28+,29-,30+,31+,32-,33+,34+,35-,36-,37-,39-,40+,41-,42+/m0/s1. The molecule has 0 aromatic heterocycles. The van der Waals surface area contributed by atoms with E-state index in [1.165, 1.54) is 6.92 Å². The van der Waals surface area contributed by atoms with Crippen molar-refractivity contribution in [3.63, 3.8) is 0 Å². The van der Waals surface area contributed by atoms with Crippen LogP contribution in [0.15, 0.2) is 23.5 Å². The van der Waals surface area contributed by atoms with Gasteiger partial charge in [-0.1, -0.05) is 60.1 Å². The summed E-state index contributed by atoms with van der Waals surface area (Å²) < 4.78 is 30.7. The van der Waals surface area contributed by atoms with Gasteiger partial charge in [0, 0.05) is 35.2 Å². The van der Waals surface area contributed by atoms with E-state index in [0.717, 1.165) is 5.57 Å². The number of allylic oxidation sites excluding steroid dienone is 2. The number of hydrogen-bond donors (Lipinski definition) is 7. The summed E-state index contributed by atoms with van der Waals surface area (Å²) in [4.78, 5) is 28.6. The predicted octanol–water partition coefficient (Wildman–Crippen LogP) is 1.68. The summed E-state index contributed by atoms with van der Waals surface area (Å²) in [7, 11) is 0. The molecule has 56 heavy (non-hydrogen) atoms. The highest BCUT2D eigenvalue weighted by Gasteiger charge is 2.75. The van der Waals surface area contributed by atoms with E-state index in [0.29, 0.717) is 31.4 Å². The Balaban J connectivity index is 1.16. The summed E-state index contributed by atoms with van der Waals surface area (Å²) in [6.45, 7) is 17.0. The van der Waals surface area contributed by atoms with Crippen LogP contribution in [0.2, 0.25) is 0 Å². The fraction of sp³-hybridized carbons (Fsp3) is 0.857. The van der Waals surface area contributed by atoms with E-state index in [1.54, 1.807) is 13.0 Å². The van der Waals surface area contributed by atoms with Crippen molar-refractivity contribution in [3.05, 3.63) is 23.5 Å². The first kappa shape index (κ1) is 42.3. The van der Waals surface area contributed by atoms with Crippen LogP contribution in [0.3, 0.4) is 0 Å². The largest absolute Gasteiger partial charge is 0.483 e. The Hall–Kier alpha value is -1.82. The number of Topliss-reactive ketones (excluding diaryl/α,β-unsaturated/α-hetero) is 1. The molecule has 0 unspecified atom stereocenters. The van der Waals surface area contributed by atoms with Crippen molar-refractivity contribution >= 4 is 11.6 Å². The molecule has 316 valence electrons. The molecule has 0 aromatic carbocycles. The Labute approximate surface area is 329 Å². The summed E-state index contributed by atoms with van der Waals surface area (Å²) in [6.07, 6.45) is -9.67. The lowest BCUT2D eigenvalue weighted by molar-refractivity contribution is -0.372. The smallest absolute Gasteiger partial charge is 0.202 e. The number of hydrogen-bond acceptors (Lipinski definition) is 14. The maximum Gasteiger partial charge on any atom is 0.202 e. The summed E-state index contributed by atoms with van der Waals surface area (Å²) in [5.74, 6) is -0.314. The fourth-order valence-electron chi connectivity index (χ4n) is 12.5. The zero-order valence-corrected chi connectivity index (χ0v) is 34.1. The van der Waals surface area contributed by atoms with Crippen LogP contribution in [0.1, 0.15) is 94.4 Å². The minimum absolute atomic E-state index is 0.00153. The van der Waals surface area contributed by atoms with Crippen LogP contribution < -0.4 is 0 Å². The quantitative estimate of drug-likeness (QED) is 0.183. The maximum absolute atomic E-state index is 14.9. The molecule has 7 N–H and O–H groups in total. The molecule has 14 heteroatoms. The van der Waals surface area contributed by atoms with Crippen molar-refractivity contribution in [1.82, 2.24) is 0 Å². The van der Waals surface area contributed by atoms with E-state index in [-0.39, 0.29) is 35.7 Å². The van der Waals surface area contributed by atoms with Crippen molar-refractivity contribution in [1.29, 1.82) is 0 Å². The van der Waals surface area contributed by atoms with Crippen LogP contribution in [0.4, 0.5) is 0 Å². The molecule has 4 aliphatic carbocycles. The van der Waals surface area contributed by atoms with Crippen LogP contribution in [0, 0.1) is 45.3 Å². The van der Waals surface area contributed by atoms with E-state index < -0.39 is 113 Å². The summed E-state index contributed by atoms with van der Waals surface area (Å²) in [5, 5.41) is 75.3. The second-order valence-corrected chi connectivity index (χ2v) is 19.7. The lowest BCUT2D eigenvalue weighted by Crippen LogP contribution is -2.66. The minimum atomic E-state index is -1.69. The topological polar surface area (TPSA) is 222 Å². The third kappa shape index (κ3) is 5.90. The van der Waals surface area contributed by atoms with Gasteiger partial charge in [-0.3, -0.25) is 9.59 Å². The number of rotatable bonds is 7. The number of ketones is 2. The highest BCUT2D eigenvalue weighted by Crippen LogP contribution is 2.74. The van der Waals surface area contributed by atoms with Crippen molar-refractivity contribution in [3.8, 4) is 0 Å². The number of carbonyl (C=O) groups is 2. The molecule has 19 atom stereocenters. The number of aliphatic hydroxyl groups excluding tert-OH is 7. The van der Waals surface area contributed by atoms with Gasteiger partial charge in [0.1, 0.15) is 54.3 Å². The normalized spacial score (nSPS) is 52.8. The number of aliphatic hydroxyl groups is 7. The van der Waals surface area contributed by atoms with E-state index in [1.807, 2.05) is 27.7 Å². The SMILES string of the molecule is CC(C)C1=CC(=O)[C@](C)([C@H]2[C@H](O)C[C@@]3(C)[C@@H]4CC=C5[C@@H](CC[C@@H](O[C@@H]6O[C@H](CO)[C@@H](O)[C@H](O)[C@H]6O[C@@H]6O[C@@H](C)[C@H](O)[C@@H](O)[C@H]6O)C5(C)C)[C@]4(C)C(=O)C[C@]23C)O1. The molecule has 0 radical (unpaired) electrons. The first-order valence-corrected chi connectivity index (χ1v) is 20.5. The van der Waals surface area contributed by atoms with Gasteiger partial charge in [0.25, 0.3) is 0 Å². The maximum atomic E-state index is 14.9. The Kier molecular flexibility index (Phi) is 10.7. The molecule has 2 saturated heterocycles. The highest BCUT2D eigenvalue weighted by atomic mass is 16.8. The van der Waals surface area contributed by atoms with Gasteiger partial charge in [0.05, 0.1) is 24.9 Å². The first-order chi connectivity index (χ1) is 26.0.